The summed E-state index contributed by atoms with van der Waals surface area (Å²) in [4.78, 5) is 20.3. The number of carbonyl (C=O) groups excluding carboxylic acids is 2. The van der Waals surface area contributed by atoms with E-state index in [1.54, 1.807) is 13.8 Å². The average Bonchev–Trinajstić information content (AvgIpc) is 2.29. The number of halogens is 5. The number of carbonyl (C=O) groups is 2. The summed E-state index contributed by atoms with van der Waals surface area (Å²) in [6.07, 6.45) is 0. The standard InChI is InChI=1S/2C4H9NO2.5ClH.Fe/c2*1-2-7-4(6)3-5;;;;;;/h2*2-3,5H2,1H3;5*1H;/q;;;;;;;+3/p-3. The van der Waals surface area contributed by atoms with Gasteiger partial charge >= 0.3 is 53.4 Å². The van der Waals surface area contributed by atoms with Gasteiger partial charge in [-0.05, 0) is 13.8 Å². The van der Waals surface area contributed by atoms with Crippen LogP contribution in [0.3, 0.4) is 0 Å². The Labute approximate surface area is 148 Å². The van der Waals surface area contributed by atoms with Crippen LogP contribution in [-0.4, -0.2) is 38.2 Å². The maximum atomic E-state index is 10.1. The molecule has 20 heavy (non-hydrogen) atoms. The molecule has 0 saturated heterocycles. The first kappa shape index (κ1) is 32.7. The zero-order valence-electron chi connectivity index (χ0n) is 11.1. The van der Waals surface area contributed by atoms with E-state index >= 15 is 0 Å². The summed E-state index contributed by atoms with van der Waals surface area (Å²) in [5, 5.41) is 0. The van der Waals surface area contributed by atoms with Gasteiger partial charge in [0.2, 0.25) is 0 Å². The molecule has 0 heterocycles. The molecular weight excluding hydrogens is 421 g/mol. The van der Waals surface area contributed by atoms with Crippen molar-refractivity contribution in [1.29, 1.82) is 0 Å². The van der Waals surface area contributed by atoms with Gasteiger partial charge in [0.15, 0.2) is 13.1 Å². The molecule has 0 aromatic heterocycles. The van der Waals surface area contributed by atoms with Crippen LogP contribution in [0.1, 0.15) is 13.8 Å². The van der Waals surface area contributed by atoms with Crippen molar-refractivity contribution in [3.8, 4) is 0 Å². The molecule has 129 valence electrons. The molecular formula is C8H20Cl5FeN2O4. The van der Waals surface area contributed by atoms with E-state index in [0.717, 1.165) is 0 Å². The summed E-state index contributed by atoms with van der Waals surface area (Å²) in [7, 11) is 14.7. The van der Waals surface area contributed by atoms with E-state index in [9.17, 15) is 9.59 Å². The number of hydrogen-bond acceptors (Lipinski definition) is 4. The van der Waals surface area contributed by atoms with Crippen LogP contribution in [0.25, 0.3) is 0 Å². The van der Waals surface area contributed by atoms with E-state index < -0.39 is 11.2 Å². The number of ether oxygens (including phenoxy) is 2. The first-order valence-electron chi connectivity index (χ1n) is 4.92. The molecule has 0 atom stereocenters. The second-order valence-electron chi connectivity index (χ2n) is 2.26. The molecule has 0 aliphatic rings. The van der Waals surface area contributed by atoms with Crippen molar-refractivity contribution in [1.82, 2.24) is 0 Å². The summed E-state index contributed by atoms with van der Waals surface area (Å²) >= 11 is -1.33. The van der Waals surface area contributed by atoms with Crippen LogP contribution in [0.15, 0.2) is 0 Å². The third kappa shape index (κ3) is 51.0. The Morgan fingerprint density at radius 3 is 1.15 bits per heavy atom. The van der Waals surface area contributed by atoms with Crippen LogP contribution in [0.2, 0.25) is 0 Å². The quantitative estimate of drug-likeness (QED) is 0.334. The van der Waals surface area contributed by atoms with E-state index in [0.29, 0.717) is 13.2 Å². The van der Waals surface area contributed by atoms with Crippen molar-refractivity contribution in [3.63, 3.8) is 0 Å². The summed E-state index contributed by atoms with van der Waals surface area (Å²) in [6.45, 7) is 4.91. The number of quaternary nitrogens is 2. The number of rotatable bonds is 4. The molecule has 0 aliphatic carbocycles. The summed E-state index contributed by atoms with van der Waals surface area (Å²) < 4.78 is 8.98. The fraction of sp³-hybridized carbons (Fsp3) is 0.750. The Morgan fingerprint density at radius 2 is 1.10 bits per heavy atom. The molecule has 0 aromatic rings. The topological polar surface area (TPSA) is 108 Å². The SMILES string of the molecule is CCOC(=O)C[NH3+].CCOC(=O)C[NH3+].[Cl-].[Cl-].[Cl][Fe]([Cl])[Cl]. The van der Waals surface area contributed by atoms with E-state index in [2.05, 4.69) is 20.9 Å². The van der Waals surface area contributed by atoms with Crippen LogP contribution < -0.4 is 36.3 Å². The second-order valence-corrected chi connectivity index (χ2v) is 7.73. The van der Waals surface area contributed by atoms with Gasteiger partial charge in [-0.15, -0.1) is 0 Å². The zero-order chi connectivity index (χ0) is 15.0. The molecule has 0 rings (SSSR count). The van der Waals surface area contributed by atoms with Gasteiger partial charge in [-0.2, -0.15) is 0 Å². The molecule has 0 unspecified atom stereocenters. The molecule has 0 saturated carbocycles. The van der Waals surface area contributed by atoms with E-state index in [-0.39, 0.29) is 49.8 Å². The zero-order valence-corrected chi connectivity index (χ0v) is 16.0. The average molecular weight is 441 g/mol. The normalized spacial score (nSPS) is 8.05. The van der Waals surface area contributed by atoms with E-state index in [1.807, 2.05) is 0 Å². The molecule has 0 aliphatic heterocycles. The molecule has 6 N–H and O–H groups in total. The van der Waals surface area contributed by atoms with Crippen molar-refractivity contribution in [2.45, 2.75) is 13.8 Å². The van der Waals surface area contributed by atoms with E-state index in [1.165, 1.54) is 0 Å². The Morgan fingerprint density at radius 1 is 0.900 bits per heavy atom. The molecule has 0 radical (unpaired) electrons. The first-order valence-corrected chi connectivity index (χ1v) is 9.47. The van der Waals surface area contributed by atoms with Crippen molar-refractivity contribution in [2.75, 3.05) is 26.3 Å². The minimum atomic E-state index is -1.33. The van der Waals surface area contributed by atoms with Crippen molar-refractivity contribution < 1.29 is 66.5 Å². The molecule has 0 amide bonds. The Bertz CT molecular complexity index is 195. The summed E-state index contributed by atoms with van der Waals surface area (Å²) in [6, 6.07) is 0. The summed E-state index contributed by atoms with van der Waals surface area (Å²) in [5.74, 6) is -0.468. The van der Waals surface area contributed by atoms with Gasteiger partial charge in [-0.1, -0.05) is 0 Å². The van der Waals surface area contributed by atoms with Crippen LogP contribution >= 0.6 is 30.3 Å². The summed E-state index contributed by atoms with van der Waals surface area (Å²) in [5.41, 5.74) is 6.66. The fourth-order valence-electron chi connectivity index (χ4n) is 0.466. The van der Waals surface area contributed by atoms with Crippen molar-refractivity contribution in [2.24, 2.45) is 0 Å². The molecule has 6 nitrogen and oxygen atoms in total. The van der Waals surface area contributed by atoms with Crippen molar-refractivity contribution >= 4 is 42.2 Å². The predicted octanol–water partition coefficient (Wildman–Crippen LogP) is -6.34. The van der Waals surface area contributed by atoms with Gasteiger partial charge < -0.3 is 45.8 Å². The van der Waals surface area contributed by atoms with Gasteiger partial charge in [0, 0.05) is 0 Å². The van der Waals surface area contributed by atoms with E-state index in [4.69, 9.17) is 30.3 Å². The second kappa shape index (κ2) is 28.1. The Hall–Kier alpha value is 0.829. The molecule has 0 bridgehead atoms. The van der Waals surface area contributed by atoms with Crippen LogP contribution in [-0.2, 0) is 30.2 Å². The number of esters is 2. The minimum absolute atomic E-state index is 0. The third-order valence-electron chi connectivity index (χ3n) is 1.02. The van der Waals surface area contributed by atoms with Gasteiger partial charge in [0.1, 0.15) is 0 Å². The predicted molar refractivity (Wildman–Crippen MR) is 66.3 cm³/mol. The Balaban J connectivity index is -0.0000000555. The molecule has 0 aromatic carbocycles. The molecule has 0 fully saturated rings. The van der Waals surface area contributed by atoms with Crippen molar-refractivity contribution in [3.05, 3.63) is 0 Å². The van der Waals surface area contributed by atoms with Gasteiger partial charge in [-0.3, -0.25) is 0 Å². The first-order chi connectivity index (χ1) is 8.35. The van der Waals surface area contributed by atoms with Crippen LogP contribution in [0.4, 0.5) is 0 Å². The molecule has 0 spiro atoms. The maximum absolute atomic E-state index is 10.1. The van der Waals surface area contributed by atoms with Gasteiger partial charge in [-0.25, -0.2) is 9.59 Å². The van der Waals surface area contributed by atoms with Gasteiger partial charge in [0.05, 0.1) is 13.2 Å². The number of hydrogen-bond donors (Lipinski definition) is 2. The van der Waals surface area contributed by atoms with Gasteiger partial charge in [0.25, 0.3) is 0 Å². The fourth-order valence-corrected chi connectivity index (χ4v) is 0.466. The molecule has 12 heteroatoms. The monoisotopic (exact) mass is 439 g/mol. The van der Waals surface area contributed by atoms with Crippen LogP contribution in [0.5, 0.6) is 0 Å². The van der Waals surface area contributed by atoms with Crippen LogP contribution in [0, 0.1) is 0 Å². The third-order valence-corrected chi connectivity index (χ3v) is 1.02. The Kier molecular flexibility index (Phi) is 45.9.